The van der Waals surface area contributed by atoms with Gasteiger partial charge in [0, 0.05) is 37.8 Å². The molecule has 2 aromatic rings. The van der Waals surface area contributed by atoms with E-state index in [9.17, 15) is 4.79 Å². The molecule has 0 aromatic carbocycles. The molecular formula is C17H22N4OS. The van der Waals surface area contributed by atoms with Crippen molar-refractivity contribution in [2.24, 2.45) is 5.92 Å². The molecule has 0 spiro atoms. The Morgan fingerprint density at radius 3 is 2.87 bits per heavy atom. The highest BCUT2D eigenvalue weighted by molar-refractivity contribution is 7.13. The summed E-state index contributed by atoms with van der Waals surface area (Å²) < 4.78 is 0. The summed E-state index contributed by atoms with van der Waals surface area (Å²) in [7, 11) is 0. The maximum atomic E-state index is 12.7. The van der Waals surface area contributed by atoms with E-state index < -0.39 is 0 Å². The van der Waals surface area contributed by atoms with Gasteiger partial charge in [0.2, 0.25) is 0 Å². The Labute approximate surface area is 140 Å². The van der Waals surface area contributed by atoms with Gasteiger partial charge in [-0.2, -0.15) is 0 Å². The van der Waals surface area contributed by atoms with Gasteiger partial charge in [-0.3, -0.25) is 4.79 Å². The third-order valence-corrected chi connectivity index (χ3v) is 5.01. The van der Waals surface area contributed by atoms with Crippen LogP contribution in [0.1, 0.15) is 53.1 Å². The molecule has 2 aromatic heterocycles. The number of nitrogens with zero attached hydrogens (tertiary/aromatic N) is 4. The van der Waals surface area contributed by atoms with Crippen LogP contribution in [0.15, 0.2) is 24.7 Å². The number of rotatable bonds is 4. The molecular weight excluding hydrogens is 308 g/mol. The van der Waals surface area contributed by atoms with E-state index in [2.05, 4.69) is 28.8 Å². The van der Waals surface area contributed by atoms with Crippen LogP contribution in [0.5, 0.6) is 0 Å². The molecule has 0 saturated carbocycles. The molecule has 0 N–H and O–H groups in total. The summed E-state index contributed by atoms with van der Waals surface area (Å²) in [5, 5.41) is 1.04. The van der Waals surface area contributed by atoms with Crippen LogP contribution in [-0.2, 0) is 6.42 Å². The van der Waals surface area contributed by atoms with Crippen LogP contribution in [0, 0.1) is 5.92 Å². The molecule has 5 nitrogen and oxygen atoms in total. The molecule has 1 atom stereocenters. The fourth-order valence-electron chi connectivity index (χ4n) is 2.90. The van der Waals surface area contributed by atoms with E-state index in [1.807, 2.05) is 11.0 Å². The summed E-state index contributed by atoms with van der Waals surface area (Å²) in [5.41, 5.74) is 0. The van der Waals surface area contributed by atoms with Crippen LogP contribution in [-0.4, -0.2) is 38.8 Å². The lowest BCUT2D eigenvalue weighted by Crippen LogP contribution is -2.39. The van der Waals surface area contributed by atoms with Gasteiger partial charge in [-0.15, -0.1) is 11.3 Å². The van der Waals surface area contributed by atoms with E-state index in [0.29, 0.717) is 12.5 Å². The number of carbonyl (C=O) groups excluding carboxylic acids is 1. The highest BCUT2D eigenvalue weighted by Crippen LogP contribution is 2.26. The highest BCUT2D eigenvalue weighted by atomic mass is 32.1. The van der Waals surface area contributed by atoms with Gasteiger partial charge in [-0.05, 0) is 24.8 Å². The molecule has 3 heterocycles. The molecule has 1 fully saturated rings. The Morgan fingerprint density at radius 1 is 1.35 bits per heavy atom. The minimum absolute atomic E-state index is 0.0955. The van der Waals surface area contributed by atoms with Gasteiger partial charge in [-0.25, -0.2) is 15.0 Å². The molecule has 1 amide bonds. The smallest absolute Gasteiger partial charge is 0.265 e. The molecule has 0 bridgehead atoms. The number of amides is 1. The SMILES string of the molecule is CC(C)Cc1ncc(C(=O)N2CCCC(c3ncccn3)C2)s1. The second-order valence-electron chi connectivity index (χ2n) is 6.41. The van der Waals surface area contributed by atoms with Crippen molar-refractivity contribution < 1.29 is 4.79 Å². The average Bonchev–Trinajstić information content (AvgIpc) is 3.03. The van der Waals surface area contributed by atoms with E-state index in [4.69, 9.17) is 0 Å². The average molecular weight is 330 g/mol. The third-order valence-electron chi connectivity index (χ3n) is 4.01. The van der Waals surface area contributed by atoms with Crippen molar-refractivity contribution in [2.45, 2.75) is 39.0 Å². The lowest BCUT2D eigenvalue weighted by Gasteiger charge is -2.31. The third kappa shape index (κ3) is 3.93. The van der Waals surface area contributed by atoms with Gasteiger partial charge >= 0.3 is 0 Å². The van der Waals surface area contributed by atoms with Crippen molar-refractivity contribution in [3.63, 3.8) is 0 Å². The quantitative estimate of drug-likeness (QED) is 0.864. The zero-order valence-electron chi connectivity index (χ0n) is 13.6. The molecule has 3 rings (SSSR count). The minimum Gasteiger partial charge on any atom is -0.337 e. The second-order valence-corrected chi connectivity index (χ2v) is 7.53. The number of likely N-dealkylation sites (tertiary alicyclic amines) is 1. The molecule has 0 aliphatic carbocycles. The van der Waals surface area contributed by atoms with Crippen molar-refractivity contribution in [3.8, 4) is 0 Å². The van der Waals surface area contributed by atoms with Crippen LogP contribution in [0.2, 0.25) is 0 Å². The topological polar surface area (TPSA) is 59.0 Å². The van der Waals surface area contributed by atoms with E-state index in [-0.39, 0.29) is 11.8 Å². The number of carbonyl (C=O) groups is 1. The maximum absolute atomic E-state index is 12.7. The summed E-state index contributed by atoms with van der Waals surface area (Å²) in [5.74, 6) is 1.73. The molecule has 122 valence electrons. The van der Waals surface area contributed by atoms with Gasteiger partial charge in [0.15, 0.2) is 0 Å². The Bertz CT molecular complexity index is 656. The highest BCUT2D eigenvalue weighted by Gasteiger charge is 2.27. The van der Waals surface area contributed by atoms with E-state index in [1.165, 1.54) is 11.3 Å². The van der Waals surface area contributed by atoms with Crippen molar-refractivity contribution in [1.82, 2.24) is 19.9 Å². The predicted molar refractivity (Wildman–Crippen MR) is 90.6 cm³/mol. The van der Waals surface area contributed by atoms with Gasteiger partial charge in [0.05, 0.1) is 11.2 Å². The molecule has 1 saturated heterocycles. The van der Waals surface area contributed by atoms with Gasteiger partial charge in [0.1, 0.15) is 10.7 Å². The number of thiazole rings is 1. The zero-order valence-corrected chi connectivity index (χ0v) is 14.4. The Balaban J connectivity index is 1.68. The molecule has 1 aliphatic heterocycles. The van der Waals surface area contributed by atoms with E-state index in [1.54, 1.807) is 18.6 Å². The van der Waals surface area contributed by atoms with Crippen LogP contribution in [0.25, 0.3) is 0 Å². The summed E-state index contributed by atoms with van der Waals surface area (Å²) in [6, 6.07) is 1.82. The second kappa shape index (κ2) is 7.17. The standard InChI is InChI=1S/C17H22N4OS/c1-12(2)9-15-20-10-14(23-15)17(22)21-8-3-5-13(11-21)16-18-6-4-7-19-16/h4,6-7,10,12-13H,3,5,8-9,11H2,1-2H3. The lowest BCUT2D eigenvalue weighted by molar-refractivity contribution is 0.0709. The van der Waals surface area contributed by atoms with Crippen molar-refractivity contribution >= 4 is 17.2 Å². The molecule has 23 heavy (non-hydrogen) atoms. The van der Waals surface area contributed by atoms with Crippen LogP contribution < -0.4 is 0 Å². The van der Waals surface area contributed by atoms with Crippen LogP contribution >= 0.6 is 11.3 Å². The summed E-state index contributed by atoms with van der Waals surface area (Å²) in [4.78, 5) is 28.5. The number of hydrogen-bond acceptors (Lipinski definition) is 5. The fourth-order valence-corrected chi connectivity index (χ4v) is 4.00. The minimum atomic E-state index is 0.0955. The first kappa shape index (κ1) is 16.1. The Morgan fingerprint density at radius 2 is 2.13 bits per heavy atom. The maximum Gasteiger partial charge on any atom is 0.265 e. The molecule has 1 unspecified atom stereocenters. The predicted octanol–water partition coefficient (Wildman–Crippen LogP) is 3.15. The summed E-state index contributed by atoms with van der Waals surface area (Å²) in [6.45, 7) is 5.83. The van der Waals surface area contributed by atoms with Crippen molar-refractivity contribution in [2.75, 3.05) is 13.1 Å². The first-order valence-corrected chi connectivity index (χ1v) is 8.96. The fraction of sp³-hybridized carbons (Fsp3) is 0.529. The van der Waals surface area contributed by atoms with Crippen LogP contribution in [0.3, 0.4) is 0 Å². The number of hydrogen-bond donors (Lipinski definition) is 0. The van der Waals surface area contributed by atoms with E-state index in [0.717, 1.165) is 41.5 Å². The number of piperidine rings is 1. The first-order valence-electron chi connectivity index (χ1n) is 8.14. The molecule has 6 heteroatoms. The lowest BCUT2D eigenvalue weighted by atomic mass is 9.97. The summed E-state index contributed by atoms with van der Waals surface area (Å²) >= 11 is 1.53. The molecule has 1 aliphatic rings. The first-order chi connectivity index (χ1) is 11.1. The summed E-state index contributed by atoms with van der Waals surface area (Å²) in [6.07, 6.45) is 8.22. The zero-order chi connectivity index (χ0) is 16.2. The van der Waals surface area contributed by atoms with Crippen LogP contribution in [0.4, 0.5) is 0 Å². The Kier molecular flexibility index (Phi) is 5.00. The van der Waals surface area contributed by atoms with E-state index >= 15 is 0 Å². The number of aromatic nitrogens is 3. The molecule has 0 radical (unpaired) electrons. The monoisotopic (exact) mass is 330 g/mol. The van der Waals surface area contributed by atoms with Crippen molar-refractivity contribution in [3.05, 3.63) is 40.4 Å². The van der Waals surface area contributed by atoms with Gasteiger partial charge in [-0.1, -0.05) is 13.8 Å². The van der Waals surface area contributed by atoms with Crippen molar-refractivity contribution in [1.29, 1.82) is 0 Å². The van der Waals surface area contributed by atoms with Gasteiger partial charge in [0.25, 0.3) is 5.91 Å². The Hall–Kier alpha value is -1.82. The van der Waals surface area contributed by atoms with Gasteiger partial charge < -0.3 is 4.90 Å². The largest absolute Gasteiger partial charge is 0.337 e. The normalized spacial score (nSPS) is 18.4.